The summed E-state index contributed by atoms with van der Waals surface area (Å²) in [6.07, 6.45) is 12.4. The number of nitrogens with zero attached hydrogens (tertiary/aromatic N) is 1. The minimum Gasteiger partial charge on any atom is -0.369 e. The van der Waals surface area contributed by atoms with Crippen LogP contribution in [0.2, 0.25) is 5.02 Å². The van der Waals surface area contributed by atoms with E-state index in [9.17, 15) is 0 Å². The first-order valence-corrected chi connectivity index (χ1v) is 8.46. The first kappa shape index (κ1) is 16.8. The maximum atomic E-state index is 5.85. The second kappa shape index (κ2) is 10.5. The monoisotopic (exact) mass is 346 g/mol. The fourth-order valence-electron chi connectivity index (χ4n) is 2.01. The van der Waals surface area contributed by atoms with E-state index in [1.165, 1.54) is 51.4 Å². The molecule has 0 saturated heterocycles. The van der Waals surface area contributed by atoms with E-state index >= 15 is 0 Å². The van der Waals surface area contributed by atoms with Crippen molar-refractivity contribution in [2.75, 3.05) is 11.9 Å². The lowest BCUT2D eigenvalue weighted by atomic mass is 10.1. The molecule has 0 atom stereocenters. The number of anilines is 1. The fourth-order valence-corrected chi connectivity index (χ4v) is 2.79. The van der Waals surface area contributed by atoms with Gasteiger partial charge in [-0.25, -0.2) is 4.98 Å². The van der Waals surface area contributed by atoms with Crippen molar-refractivity contribution < 1.29 is 0 Å². The molecule has 0 aliphatic heterocycles. The molecule has 19 heavy (non-hydrogen) atoms. The molecule has 0 radical (unpaired) electrons. The Morgan fingerprint density at radius 2 is 1.74 bits per heavy atom. The summed E-state index contributed by atoms with van der Waals surface area (Å²) in [7, 11) is 0. The van der Waals surface area contributed by atoms with Gasteiger partial charge in [0.25, 0.3) is 0 Å². The summed E-state index contributed by atoms with van der Waals surface area (Å²) in [6.45, 7) is 3.23. The summed E-state index contributed by atoms with van der Waals surface area (Å²) in [6, 6.07) is 1.87. The highest BCUT2D eigenvalue weighted by molar-refractivity contribution is 9.10. The maximum absolute atomic E-state index is 5.85. The molecule has 0 amide bonds. The predicted octanol–water partition coefficient (Wildman–Crippen LogP) is 6.05. The molecule has 0 aliphatic rings. The van der Waals surface area contributed by atoms with Crippen LogP contribution in [0.3, 0.4) is 0 Å². The standard InChI is InChI=1S/C15H24BrClN2/c1-2-3-4-5-6-7-8-9-10-18-15-14(16)11-13(17)12-19-15/h11-12H,2-10H2,1H3,(H,18,19). The minimum absolute atomic E-state index is 0.657. The van der Waals surface area contributed by atoms with Crippen LogP contribution in [0.25, 0.3) is 0 Å². The van der Waals surface area contributed by atoms with Gasteiger partial charge in [0.1, 0.15) is 5.82 Å². The second-order valence-corrected chi connectivity index (χ2v) is 6.18. The lowest BCUT2D eigenvalue weighted by molar-refractivity contribution is 0.581. The van der Waals surface area contributed by atoms with Crippen molar-refractivity contribution in [3.8, 4) is 0 Å². The smallest absolute Gasteiger partial charge is 0.140 e. The van der Waals surface area contributed by atoms with Gasteiger partial charge in [0.2, 0.25) is 0 Å². The van der Waals surface area contributed by atoms with E-state index in [0.717, 1.165) is 16.8 Å². The van der Waals surface area contributed by atoms with Gasteiger partial charge in [-0.1, -0.05) is 63.5 Å². The Labute approximate surface area is 130 Å². The molecule has 1 heterocycles. The molecule has 1 aromatic rings. The number of pyridine rings is 1. The topological polar surface area (TPSA) is 24.9 Å². The van der Waals surface area contributed by atoms with E-state index in [2.05, 4.69) is 33.2 Å². The minimum atomic E-state index is 0.657. The van der Waals surface area contributed by atoms with E-state index < -0.39 is 0 Å². The zero-order chi connectivity index (χ0) is 13.9. The van der Waals surface area contributed by atoms with Gasteiger partial charge < -0.3 is 5.32 Å². The maximum Gasteiger partial charge on any atom is 0.140 e. The average Bonchev–Trinajstić information content (AvgIpc) is 2.39. The van der Waals surface area contributed by atoms with Gasteiger partial charge in [-0.2, -0.15) is 0 Å². The lowest BCUT2D eigenvalue weighted by Crippen LogP contribution is -2.03. The Balaban J connectivity index is 2.01. The van der Waals surface area contributed by atoms with Crippen LogP contribution in [0, 0.1) is 0 Å². The quantitative estimate of drug-likeness (QED) is 0.521. The zero-order valence-electron chi connectivity index (χ0n) is 11.7. The van der Waals surface area contributed by atoms with Gasteiger partial charge in [-0.15, -0.1) is 0 Å². The highest BCUT2D eigenvalue weighted by Crippen LogP contribution is 2.23. The summed E-state index contributed by atoms with van der Waals surface area (Å²) in [5.41, 5.74) is 0. The number of aromatic nitrogens is 1. The first-order valence-electron chi connectivity index (χ1n) is 7.29. The SMILES string of the molecule is CCCCCCCCCCNc1ncc(Cl)cc1Br. The molecule has 0 fully saturated rings. The van der Waals surface area contributed by atoms with Crippen LogP contribution in [0.15, 0.2) is 16.7 Å². The Hall–Kier alpha value is -0.280. The third kappa shape index (κ3) is 7.78. The van der Waals surface area contributed by atoms with Crippen LogP contribution in [-0.4, -0.2) is 11.5 Å². The molecular weight excluding hydrogens is 324 g/mol. The molecule has 1 aromatic heterocycles. The van der Waals surface area contributed by atoms with Crippen LogP contribution in [-0.2, 0) is 0 Å². The van der Waals surface area contributed by atoms with Crippen LogP contribution in [0.1, 0.15) is 58.3 Å². The fraction of sp³-hybridized carbons (Fsp3) is 0.667. The number of rotatable bonds is 10. The molecule has 0 aromatic carbocycles. The van der Waals surface area contributed by atoms with Crippen LogP contribution >= 0.6 is 27.5 Å². The Kier molecular flexibility index (Phi) is 9.27. The van der Waals surface area contributed by atoms with Gasteiger partial charge in [-0.05, 0) is 28.4 Å². The largest absolute Gasteiger partial charge is 0.369 e. The van der Waals surface area contributed by atoms with Crippen molar-refractivity contribution in [2.45, 2.75) is 58.3 Å². The third-order valence-corrected chi connectivity index (χ3v) is 3.94. The molecule has 0 bridgehead atoms. The Bertz CT molecular complexity index is 358. The predicted molar refractivity (Wildman–Crippen MR) is 88.0 cm³/mol. The van der Waals surface area contributed by atoms with Crippen molar-refractivity contribution in [3.05, 3.63) is 21.8 Å². The molecule has 4 heteroatoms. The second-order valence-electron chi connectivity index (χ2n) is 4.89. The van der Waals surface area contributed by atoms with Crippen LogP contribution < -0.4 is 5.32 Å². The van der Waals surface area contributed by atoms with Gasteiger partial charge >= 0.3 is 0 Å². The van der Waals surface area contributed by atoms with Gasteiger partial charge in [0.05, 0.1) is 9.50 Å². The number of halogens is 2. The van der Waals surface area contributed by atoms with E-state index in [1.54, 1.807) is 6.20 Å². The molecule has 108 valence electrons. The summed E-state index contributed by atoms with van der Waals surface area (Å²) in [5.74, 6) is 0.882. The van der Waals surface area contributed by atoms with Crippen molar-refractivity contribution in [1.29, 1.82) is 0 Å². The van der Waals surface area contributed by atoms with Crippen molar-refractivity contribution in [2.24, 2.45) is 0 Å². The van der Waals surface area contributed by atoms with E-state index in [0.29, 0.717) is 5.02 Å². The number of hydrogen-bond acceptors (Lipinski definition) is 2. The molecule has 0 aliphatic carbocycles. The summed E-state index contributed by atoms with van der Waals surface area (Å²) >= 11 is 9.31. The number of nitrogens with one attached hydrogen (secondary N) is 1. The van der Waals surface area contributed by atoms with Gasteiger partial charge in [0.15, 0.2) is 0 Å². The Morgan fingerprint density at radius 1 is 1.11 bits per heavy atom. The van der Waals surface area contributed by atoms with E-state index in [1.807, 2.05) is 6.07 Å². The van der Waals surface area contributed by atoms with Crippen molar-refractivity contribution >= 4 is 33.3 Å². The summed E-state index contributed by atoms with van der Waals surface area (Å²) < 4.78 is 0.930. The van der Waals surface area contributed by atoms with Gasteiger partial charge in [0, 0.05) is 12.7 Å². The zero-order valence-corrected chi connectivity index (χ0v) is 14.1. The lowest BCUT2D eigenvalue weighted by Gasteiger charge is -2.07. The van der Waals surface area contributed by atoms with Crippen molar-refractivity contribution in [3.63, 3.8) is 0 Å². The van der Waals surface area contributed by atoms with E-state index in [-0.39, 0.29) is 0 Å². The molecule has 1 rings (SSSR count). The molecule has 0 saturated carbocycles. The summed E-state index contributed by atoms with van der Waals surface area (Å²) in [4.78, 5) is 4.26. The highest BCUT2D eigenvalue weighted by atomic mass is 79.9. The number of hydrogen-bond donors (Lipinski definition) is 1. The highest BCUT2D eigenvalue weighted by Gasteiger charge is 2.01. The van der Waals surface area contributed by atoms with Crippen molar-refractivity contribution in [1.82, 2.24) is 4.98 Å². The summed E-state index contributed by atoms with van der Waals surface area (Å²) in [5, 5.41) is 3.99. The van der Waals surface area contributed by atoms with Crippen LogP contribution in [0.5, 0.6) is 0 Å². The van der Waals surface area contributed by atoms with Crippen LogP contribution in [0.4, 0.5) is 5.82 Å². The molecule has 0 unspecified atom stereocenters. The van der Waals surface area contributed by atoms with Gasteiger partial charge in [-0.3, -0.25) is 0 Å². The molecule has 0 spiro atoms. The first-order chi connectivity index (χ1) is 9.24. The average molecular weight is 348 g/mol. The Morgan fingerprint density at radius 3 is 2.37 bits per heavy atom. The molecule has 2 nitrogen and oxygen atoms in total. The normalized spacial score (nSPS) is 10.7. The van der Waals surface area contributed by atoms with E-state index in [4.69, 9.17) is 11.6 Å². The molecule has 1 N–H and O–H groups in total. The third-order valence-electron chi connectivity index (χ3n) is 3.13. The number of unbranched alkanes of at least 4 members (excludes halogenated alkanes) is 7. The molecular formula is C15H24BrClN2.